The molecule has 0 radical (unpaired) electrons. The van der Waals surface area contributed by atoms with E-state index in [1.165, 1.54) is 6.20 Å². The number of nitrogens with two attached hydrogens (primary N) is 1. The van der Waals surface area contributed by atoms with E-state index in [-0.39, 0.29) is 5.75 Å². The van der Waals surface area contributed by atoms with Crippen molar-refractivity contribution >= 4 is 27.1 Å². The Balaban J connectivity index is 2.85. The Morgan fingerprint density at radius 3 is 2.75 bits per heavy atom. The minimum atomic E-state index is -3.19. The van der Waals surface area contributed by atoms with Crippen molar-refractivity contribution in [3.8, 4) is 0 Å². The SMILES string of the molecule is CC(C)S(=O)(=O)Cc1ncc(C(=O)NN)s1. The van der Waals surface area contributed by atoms with Gasteiger partial charge in [-0.15, -0.1) is 11.3 Å². The van der Waals surface area contributed by atoms with Crippen LogP contribution in [-0.4, -0.2) is 24.6 Å². The highest BCUT2D eigenvalue weighted by Crippen LogP contribution is 2.17. The van der Waals surface area contributed by atoms with Gasteiger partial charge in [-0.2, -0.15) is 0 Å². The van der Waals surface area contributed by atoms with Crippen molar-refractivity contribution in [1.29, 1.82) is 0 Å². The van der Waals surface area contributed by atoms with Gasteiger partial charge >= 0.3 is 0 Å². The molecule has 3 N–H and O–H groups in total. The molecule has 0 aromatic carbocycles. The van der Waals surface area contributed by atoms with Gasteiger partial charge < -0.3 is 0 Å². The fourth-order valence-electron chi connectivity index (χ4n) is 0.892. The monoisotopic (exact) mass is 263 g/mol. The van der Waals surface area contributed by atoms with E-state index in [1.807, 2.05) is 5.43 Å². The van der Waals surface area contributed by atoms with Gasteiger partial charge in [-0.1, -0.05) is 0 Å². The Bertz CT molecular complexity index is 478. The number of rotatable bonds is 4. The van der Waals surface area contributed by atoms with Crippen molar-refractivity contribution in [2.45, 2.75) is 24.9 Å². The van der Waals surface area contributed by atoms with Gasteiger partial charge in [-0.3, -0.25) is 10.2 Å². The van der Waals surface area contributed by atoms with E-state index >= 15 is 0 Å². The zero-order chi connectivity index (χ0) is 12.3. The van der Waals surface area contributed by atoms with Gasteiger partial charge in [0.05, 0.1) is 11.4 Å². The van der Waals surface area contributed by atoms with Crippen LogP contribution in [0.2, 0.25) is 0 Å². The number of amides is 1. The van der Waals surface area contributed by atoms with Crippen molar-refractivity contribution in [3.05, 3.63) is 16.1 Å². The highest BCUT2D eigenvalue weighted by Gasteiger charge is 2.19. The standard InChI is InChI=1S/C8H13N3O3S2/c1-5(2)16(13,14)4-7-10-3-6(15-7)8(12)11-9/h3,5H,4,9H2,1-2H3,(H,11,12). The highest BCUT2D eigenvalue weighted by molar-refractivity contribution is 7.91. The number of hydrazine groups is 1. The Morgan fingerprint density at radius 2 is 2.25 bits per heavy atom. The molecular formula is C8H13N3O3S2. The van der Waals surface area contributed by atoms with Crippen LogP contribution in [0.5, 0.6) is 0 Å². The van der Waals surface area contributed by atoms with Crippen LogP contribution in [0, 0.1) is 0 Å². The third-order valence-electron chi connectivity index (χ3n) is 1.95. The molecule has 16 heavy (non-hydrogen) atoms. The van der Waals surface area contributed by atoms with E-state index in [0.717, 1.165) is 11.3 Å². The number of nitrogen functional groups attached to an aromatic ring is 1. The molecule has 6 nitrogen and oxygen atoms in total. The third-order valence-corrected chi connectivity index (χ3v) is 5.24. The zero-order valence-corrected chi connectivity index (χ0v) is 10.6. The van der Waals surface area contributed by atoms with Gasteiger partial charge in [0.1, 0.15) is 15.6 Å². The lowest BCUT2D eigenvalue weighted by Gasteiger charge is -2.04. The summed E-state index contributed by atoms with van der Waals surface area (Å²) in [5.74, 6) is 4.34. The summed E-state index contributed by atoms with van der Waals surface area (Å²) in [4.78, 5) is 15.3. The lowest BCUT2D eigenvalue weighted by Crippen LogP contribution is -2.29. The van der Waals surface area contributed by atoms with Crippen LogP contribution < -0.4 is 11.3 Å². The molecule has 0 aliphatic heterocycles. The first-order chi connectivity index (χ1) is 7.36. The molecule has 8 heteroatoms. The van der Waals surface area contributed by atoms with Crippen LogP contribution in [-0.2, 0) is 15.6 Å². The third kappa shape index (κ3) is 3.00. The Labute approximate surface area is 97.8 Å². The van der Waals surface area contributed by atoms with E-state index < -0.39 is 21.0 Å². The molecule has 1 amide bonds. The normalized spacial score (nSPS) is 11.8. The van der Waals surface area contributed by atoms with E-state index in [4.69, 9.17) is 5.84 Å². The predicted octanol–water partition coefficient (Wildman–Crippen LogP) is 0.0698. The van der Waals surface area contributed by atoms with Crippen molar-refractivity contribution in [1.82, 2.24) is 10.4 Å². The molecule has 1 aromatic heterocycles. The van der Waals surface area contributed by atoms with E-state index in [0.29, 0.717) is 9.88 Å². The number of carbonyl (C=O) groups is 1. The van der Waals surface area contributed by atoms with Gasteiger partial charge in [0.2, 0.25) is 0 Å². The van der Waals surface area contributed by atoms with Gasteiger partial charge in [0.25, 0.3) is 5.91 Å². The zero-order valence-electron chi connectivity index (χ0n) is 8.93. The molecule has 0 atom stereocenters. The smallest absolute Gasteiger partial charge is 0.276 e. The van der Waals surface area contributed by atoms with E-state index in [1.54, 1.807) is 13.8 Å². The second kappa shape index (κ2) is 4.89. The van der Waals surface area contributed by atoms with E-state index in [9.17, 15) is 13.2 Å². The summed E-state index contributed by atoms with van der Waals surface area (Å²) in [7, 11) is -3.19. The average molecular weight is 263 g/mol. The molecule has 0 aliphatic rings. The van der Waals surface area contributed by atoms with Crippen LogP contribution in [0.25, 0.3) is 0 Å². The van der Waals surface area contributed by atoms with Crippen molar-refractivity contribution in [3.63, 3.8) is 0 Å². The summed E-state index contributed by atoms with van der Waals surface area (Å²) >= 11 is 1.03. The summed E-state index contributed by atoms with van der Waals surface area (Å²) in [6.45, 7) is 3.22. The Morgan fingerprint density at radius 1 is 1.62 bits per heavy atom. The van der Waals surface area contributed by atoms with Crippen molar-refractivity contribution in [2.75, 3.05) is 0 Å². The number of nitrogens with zero attached hydrogens (tertiary/aromatic N) is 1. The summed E-state index contributed by atoms with van der Waals surface area (Å²) in [5, 5.41) is -0.0597. The minimum absolute atomic E-state index is 0.146. The summed E-state index contributed by atoms with van der Waals surface area (Å²) < 4.78 is 23.2. The minimum Gasteiger partial charge on any atom is -0.289 e. The molecule has 0 fully saturated rings. The quantitative estimate of drug-likeness (QED) is 0.454. The first-order valence-electron chi connectivity index (χ1n) is 4.54. The fourth-order valence-corrected chi connectivity index (χ4v) is 2.99. The Hall–Kier alpha value is -0.990. The van der Waals surface area contributed by atoms with Crippen molar-refractivity contribution < 1.29 is 13.2 Å². The number of aromatic nitrogens is 1. The molecule has 0 saturated heterocycles. The number of hydrogen-bond donors (Lipinski definition) is 2. The van der Waals surface area contributed by atoms with Gasteiger partial charge in [-0.05, 0) is 13.8 Å². The maximum Gasteiger partial charge on any atom is 0.276 e. The van der Waals surface area contributed by atoms with Gasteiger partial charge in [-0.25, -0.2) is 19.2 Å². The lowest BCUT2D eigenvalue weighted by molar-refractivity contribution is 0.0957. The topological polar surface area (TPSA) is 102 Å². The lowest BCUT2D eigenvalue weighted by atomic mass is 10.5. The average Bonchev–Trinajstić information content (AvgIpc) is 2.64. The van der Waals surface area contributed by atoms with Gasteiger partial charge in [0, 0.05) is 0 Å². The van der Waals surface area contributed by atoms with Crippen LogP contribution >= 0.6 is 11.3 Å². The summed E-state index contributed by atoms with van der Waals surface area (Å²) in [6, 6.07) is 0. The molecule has 90 valence electrons. The van der Waals surface area contributed by atoms with E-state index in [2.05, 4.69) is 4.98 Å². The first-order valence-corrected chi connectivity index (χ1v) is 7.07. The first kappa shape index (κ1) is 13.1. The summed E-state index contributed by atoms with van der Waals surface area (Å²) in [6.07, 6.45) is 1.32. The fraction of sp³-hybridized carbons (Fsp3) is 0.500. The predicted molar refractivity (Wildman–Crippen MR) is 61.5 cm³/mol. The molecule has 1 rings (SSSR count). The number of hydrogen-bond acceptors (Lipinski definition) is 6. The highest BCUT2D eigenvalue weighted by atomic mass is 32.2. The molecule has 0 aliphatic carbocycles. The molecule has 1 heterocycles. The molecule has 0 spiro atoms. The molecule has 1 aromatic rings. The maximum absolute atomic E-state index is 11.6. The maximum atomic E-state index is 11.6. The largest absolute Gasteiger partial charge is 0.289 e. The van der Waals surface area contributed by atoms with Gasteiger partial charge in [0.15, 0.2) is 9.84 Å². The number of nitrogens with one attached hydrogen (secondary N) is 1. The molecule has 0 unspecified atom stereocenters. The molecule has 0 bridgehead atoms. The number of thiazole rings is 1. The second-order valence-electron chi connectivity index (χ2n) is 3.45. The Kier molecular flexibility index (Phi) is 4.00. The number of sulfone groups is 1. The molecule has 0 saturated carbocycles. The van der Waals surface area contributed by atoms with Crippen molar-refractivity contribution in [2.24, 2.45) is 5.84 Å². The van der Waals surface area contributed by atoms with Crippen LogP contribution in [0.4, 0.5) is 0 Å². The number of carbonyl (C=O) groups excluding carboxylic acids is 1. The van der Waals surface area contributed by atoms with Crippen LogP contribution in [0.3, 0.4) is 0 Å². The second-order valence-corrected chi connectivity index (χ2v) is 7.12. The van der Waals surface area contributed by atoms with Crippen LogP contribution in [0.1, 0.15) is 28.5 Å². The molecular weight excluding hydrogens is 250 g/mol. The van der Waals surface area contributed by atoms with Crippen LogP contribution in [0.15, 0.2) is 6.20 Å². The summed E-state index contributed by atoms with van der Waals surface area (Å²) in [5.41, 5.74) is 1.96.